The maximum atomic E-state index is 12.0. The van der Waals surface area contributed by atoms with Crippen molar-refractivity contribution in [1.82, 2.24) is 25.0 Å². The third kappa shape index (κ3) is 4.66. The van der Waals surface area contributed by atoms with Gasteiger partial charge < -0.3 is 9.73 Å². The summed E-state index contributed by atoms with van der Waals surface area (Å²) in [7, 11) is -3.64. The van der Waals surface area contributed by atoms with Gasteiger partial charge >= 0.3 is 0 Å². The number of furan rings is 1. The molecule has 116 valence electrons. The predicted molar refractivity (Wildman–Crippen MR) is 75.9 cm³/mol. The summed E-state index contributed by atoms with van der Waals surface area (Å²) in [5, 5.41) is 10.5. The van der Waals surface area contributed by atoms with Gasteiger partial charge in [0.15, 0.2) is 0 Å². The Morgan fingerprint density at radius 1 is 1.38 bits per heavy atom. The summed E-state index contributed by atoms with van der Waals surface area (Å²) in [6, 6.07) is 3.41. The van der Waals surface area contributed by atoms with Gasteiger partial charge in [-0.15, -0.1) is 5.10 Å². The van der Waals surface area contributed by atoms with Gasteiger partial charge in [-0.05, 0) is 12.1 Å². The zero-order chi connectivity index (χ0) is 15.3. The van der Waals surface area contributed by atoms with Crippen LogP contribution in [0.1, 0.15) is 19.6 Å². The fourth-order valence-electron chi connectivity index (χ4n) is 1.62. The molecule has 0 saturated heterocycles. The second-order valence-corrected chi connectivity index (χ2v) is 6.52. The van der Waals surface area contributed by atoms with Crippen LogP contribution in [0.5, 0.6) is 0 Å². The number of hydrogen-bond donors (Lipinski definition) is 2. The molecule has 2 rings (SSSR count). The third-order valence-electron chi connectivity index (χ3n) is 2.69. The number of hydrogen-bond acceptors (Lipinski definition) is 6. The first-order valence-electron chi connectivity index (χ1n) is 6.63. The summed E-state index contributed by atoms with van der Waals surface area (Å²) < 4.78 is 33.4. The van der Waals surface area contributed by atoms with Crippen molar-refractivity contribution < 1.29 is 12.8 Å². The van der Waals surface area contributed by atoms with E-state index in [1.54, 1.807) is 16.9 Å². The predicted octanol–water partition coefficient (Wildman–Crippen LogP) is 0.348. The van der Waals surface area contributed by atoms with E-state index < -0.39 is 10.0 Å². The molecule has 0 atom stereocenters. The van der Waals surface area contributed by atoms with E-state index in [9.17, 15) is 8.42 Å². The molecule has 0 aliphatic carbocycles. The fraction of sp³-hybridized carbons (Fsp3) is 0.500. The average Bonchev–Trinajstić information content (AvgIpc) is 3.07. The van der Waals surface area contributed by atoms with Crippen molar-refractivity contribution in [2.75, 3.05) is 6.54 Å². The largest absolute Gasteiger partial charge is 0.447 e. The lowest BCUT2D eigenvalue weighted by Crippen LogP contribution is -2.27. The normalized spacial score (nSPS) is 12.1. The number of nitrogens with one attached hydrogen (secondary N) is 2. The van der Waals surface area contributed by atoms with Crippen LogP contribution in [0.3, 0.4) is 0 Å². The first-order valence-corrected chi connectivity index (χ1v) is 8.11. The average molecular weight is 313 g/mol. The molecule has 0 bridgehead atoms. The zero-order valence-corrected chi connectivity index (χ0v) is 12.8. The highest BCUT2D eigenvalue weighted by Crippen LogP contribution is 2.13. The highest BCUT2D eigenvalue weighted by atomic mass is 32.2. The Hall–Kier alpha value is -1.71. The van der Waals surface area contributed by atoms with E-state index in [1.807, 2.05) is 13.8 Å². The number of sulfonamides is 1. The number of nitrogens with zero attached hydrogens (tertiary/aromatic N) is 3. The molecule has 9 heteroatoms. The summed E-state index contributed by atoms with van der Waals surface area (Å²) >= 11 is 0. The Balaban J connectivity index is 1.89. The third-order valence-corrected chi connectivity index (χ3v) is 4.02. The molecule has 0 aliphatic rings. The Morgan fingerprint density at radius 2 is 2.19 bits per heavy atom. The van der Waals surface area contributed by atoms with E-state index in [0.717, 1.165) is 0 Å². The van der Waals surface area contributed by atoms with Crippen LogP contribution in [0, 0.1) is 0 Å². The van der Waals surface area contributed by atoms with Crippen LogP contribution < -0.4 is 10.0 Å². The maximum absolute atomic E-state index is 12.0. The second-order valence-electron chi connectivity index (χ2n) is 4.82. The van der Waals surface area contributed by atoms with Gasteiger partial charge in [0.1, 0.15) is 5.76 Å². The minimum absolute atomic E-state index is 0.0818. The summed E-state index contributed by atoms with van der Waals surface area (Å²) in [5.74, 6) is 0.584. The van der Waals surface area contributed by atoms with E-state index in [0.29, 0.717) is 24.9 Å². The van der Waals surface area contributed by atoms with Gasteiger partial charge in [0.2, 0.25) is 5.09 Å². The van der Waals surface area contributed by atoms with Crippen molar-refractivity contribution in [3.8, 4) is 0 Å². The SMILES string of the molecule is CC(C)NCc1ccc(S(=O)(=O)NCCn2ccnn2)o1. The molecule has 0 radical (unpaired) electrons. The Morgan fingerprint density at radius 3 is 2.86 bits per heavy atom. The van der Waals surface area contributed by atoms with Gasteiger partial charge in [-0.3, -0.25) is 4.68 Å². The maximum Gasteiger partial charge on any atom is 0.274 e. The van der Waals surface area contributed by atoms with Crippen molar-refractivity contribution in [3.05, 3.63) is 30.3 Å². The molecule has 2 aromatic heterocycles. The highest BCUT2D eigenvalue weighted by Gasteiger charge is 2.18. The Bertz CT molecular complexity index is 648. The van der Waals surface area contributed by atoms with Crippen molar-refractivity contribution in [3.63, 3.8) is 0 Å². The molecule has 0 aliphatic heterocycles. The van der Waals surface area contributed by atoms with E-state index in [-0.39, 0.29) is 11.6 Å². The molecule has 0 unspecified atom stereocenters. The standard InChI is InChI=1S/C12H19N5O3S/c1-10(2)13-9-11-3-4-12(20-11)21(18,19)15-6-8-17-7-5-14-16-17/h3-5,7,10,13,15H,6,8-9H2,1-2H3. The van der Waals surface area contributed by atoms with E-state index >= 15 is 0 Å². The molecule has 2 aromatic rings. The van der Waals surface area contributed by atoms with Crippen molar-refractivity contribution in [2.24, 2.45) is 0 Å². The van der Waals surface area contributed by atoms with Gasteiger partial charge in [0, 0.05) is 18.8 Å². The molecule has 2 N–H and O–H groups in total. The first-order chi connectivity index (χ1) is 9.97. The first kappa shape index (κ1) is 15.7. The lowest BCUT2D eigenvalue weighted by atomic mass is 10.3. The van der Waals surface area contributed by atoms with E-state index in [2.05, 4.69) is 20.4 Å². The summed E-state index contributed by atoms with van der Waals surface area (Å²) in [4.78, 5) is 0. The van der Waals surface area contributed by atoms with Crippen LogP contribution in [0.2, 0.25) is 0 Å². The minimum Gasteiger partial charge on any atom is -0.447 e. The van der Waals surface area contributed by atoms with E-state index in [1.165, 1.54) is 12.3 Å². The second kappa shape index (κ2) is 6.83. The van der Waals surface area contributed by atoms with Crippen LogP contribution in [-0.2, 0) is 23.1 Å². The molecule has 8 nitrogen and oxygen atoms in total. The molecule has 0 amide bonds. The van der Waals surface area contributed by atoms with Gasteiger partial charge in [-0.1, -0.05) is 19.1 Å². The van der Waals surface area contributed by atoms with Crippen LogP contribution in [0.25, 0.3) is 0 Å². The van der Waals surface area contributed by atoms with Gasteiger partial charge in [-0.25, -0.2) is 13.1 Å². The van der Waals surface area contributed by atoms with Crippen molar-refractivity contribution in [1.29, 1.82) is 0 Å². The lowest BCUT2D eigenvalue weighted by molar-refractivity contribution is 0.392. The molecule has 0 saturated carbocycles. The molecule has 0 aromatic carbocycles. The van der Waals surface area contributed by atoms with Crippen LogP contribution in [0.15, 0.2) is 34.0 Å². The molecule has 21 heavy (non-hydrogen) atoms. The monoisotopic (exact) mass is 313 g/mol. The molecule has 0 fully saturated rings. The van der Waals surface area contributed by atoms with Gasteiger partial charge in [-0.2, -0.15) is 0 Å². The number of aromatic nitrogens is 3. The molecular weight excluding hydrogens is 294 g/mol. The Kier molecular flexibility index (Phi) is 5.10. The van der Waals surface area contributed by atoms with Crippen molar-refractivity contribution >= 4 is 10.0 Å². The molecule has 0 spiro atoms. The summed E-state index contributed by atoms with van der Waals surface area (Å²) in [6.07, 6.45) is 3.20. The highest BCUT2D eigenvalue weighted by molar-refractivity contribution is 7.89. The van der Waals surface area contributed by atoms with Crippen molar-refractivity contribution in [2.45, 2.75) is 38.1 Å². The topological polar surface area (TPSA) is 102 Å². The zero-order valence-electron chi connectivity index (χ0n) is 12.0. The summed E-state index contributed by atoms with van der Waals surface area (Å²) in [6.45, 7) is 5.12. The fourth-order valence-corrected chi connectivity index (χ4v) is 2.59. The van der Waals surface area contributed by atoms with Gasteiger partial charge in [0.05, 0.1) is 19.3 Å². The van der Waals surface area contributed by atoms with Crippen LogP contribution >= 0.6 is 0 Å². The molecular formula is C12H19N5O3S. The number of rotatable bonds is 8. The van der Waals surface area contributed by atoms with Crippen LogP contribution in [-0.4, -0.2) is 36.0 Å². The van der Waals surface area contributed by atoms with E-state index in [4.69, 9.17) is 4.42 Å². The summed E-state index contributed by atoms with van der Waals surface area (Å²) in [5.41, 5.74) is 0. The minimum atomic E-state index is -3.64. The quantitative estimate of drug-likeness (QED) is 0.729. The Labute approximate surface area is 123 Å². The lowest BCUT2D eigenvalue weighted by Gasteiger charge is -2.06. The smallest absolute Gasteiger partial charge is 0.274 e. The van der Waals surface area contributed by atoms with Crippen LogP contribution in [0.4, 0.5) is 0 Å². The molecule has 2 heterocycles. The van der Waals surface area contributed by atoms with Gasteiger partial charge in [0.25, 0.3) is 10.0 Å².